The number of benzene rings is 2. The molecule has 1 N–H and O–H groups in total. The minimum Gasteiger partial charge on any atom is -0.355 e. The van der Waals surface area contributed by atoms with Crippen molar-refractivity contribution in [3.05, 3.63) is 76.7 Å². The first-order valence-electron chi connectivity index (χ1n) is 8.37. The van der Waals surface area contributed by atoms with E-state index in [1.54, 1.807) is 42.5 Å². The molecule has 0 bridgehead atoms. The van der Waals surface area contributed by atoms with Crippen molar-refractivity contribution < 1.29 is 13.7 Å². The van der Waals surface area contributed by atoms with E-state index in [0.717, 1.165) is 11.1 Å². The van der Waals surface area contributed by atoms with Gasteiger partial charge in [0.2, 0.25) is 0 Å². The van der Waals surface area contributed by atoms with Crippen LogP contribution in [0.3, 0.4) is 0 Å². The van der Waals surface area contributed by atoms with Crippen LogP contribution in [0.25, 0.3) is 11.3 Å². The first kappa shape index (κ1) is 19.1. The number of hydrogen-bond acceptors (Lipinski definition) is 4. The molecule has 0 radical (unpaired) electrons. The number of nitrogens with one attached hydrogen (secondary N) is 1. The zero-order chi connectivity index (χ0) is 19.4. The van der Waals surface area contributed by atoms with Gasteiger partial charge in [-0.05, 0) is 56.1 Å². The molecule has 1 aromatic heterocycles. The summed E-state index contributed by atoms with van der Waals surface area (Å²) in [5, 5.41) is 7.31. The van der Waals surface area contributed by atoms with Crippen molar-refractivity contribution in [3.63, 3.8) is 0 Å². The zero-order valence-corrected chi connectivity index (χ0v) is 15.7. The first-order chi connectivity index (χ1) is 12.9. The van der Waals surface area contributed by atoms with Crippen molar-refractivity contribution in [2.45, 2.75) is 6.04 Å². The smallest absolute Gasteiger partial charge is 0.273 e. The van der Waals surface area contributed by atoms with Gasteiger partial charge in [0.05, 0.1) is 6.04 Å². The standard InChI is InChI=1S/C20H19ClFN3O2/c1-25(2)18(13-5-9-16(22)10-6-13)12-23-20(26)17-11-19(27-24-17)14-3-7-15(21)8-4-14/h3-11,18H,12H2,1-2H3,(H,23,26)/t18-/m0/s1. The van der Waals surface area contributed by atoms with Crippen LogP contribution in [0, 0.1) is 5.82 Å². The maximum atomic E-state index is 13.1. The third-order valence-electron chi connectivity index (χ3n) is 4.21. The Hall–Kier alpha value is -2.70. The molecule has 27 heavy (non-hydrogen) atoms. The molecule has 1 amide bonds. The molecule has 1 atom stereocenters. The summed E-state index contributed by atoms with van der Waals surface area (Å²) in [6.45, 7) is 0.348. The Bertz CT molecular complexity index is 908. The Morgan fingerprint density at radius 2 is 1.85 bits per heavy atom. The minimum atomic E-state index is -0.340. The lowest BCUT2D eigenvalue weighted by Crippen LogP contribution is -2.34. The lowest BCUT2D eigenvalue weighted by molar-refractivity contribution is 0.0933. The molecule has 2 aromatic carbocycles. The van der Waals surface area contributed by atoms with Crippen molar-refractivity contribution in [2.24, 2.45) is 0 Å². The number of carbonyl (C=O) groups is 1. The van der Waals surface area contributed by atoms with E-state index in [2.05, 4.69) is 10.5 Å². The second kappa shape index (κ2) is 8.33. The molecule has 3 rings (SSSR count). The Kier molecular flexibility index (Phi) is 5.88. The van der Waals surface area contributed by atoms with Gasteiger partial charge in [0.15, 0.2) is 11.5 Å². The largest absolute Gasteiger partial charge is 0.355 e. The Morgan fingerprint density at radius 3 is 2.48 bits per heavy atom. The number of halogens is 2. The molecule has 3 aromatic rings. The summed E-state index contributed by atoms with van der Waals surface area (Å²) in [6, 6.07) is 14.8. The lowest BCUT2D eigenvalue weighted by Gasteiger charge is -2.25. The van der Waals surface area contributed by atoms with E-state index in [4.69, 9.17) is 16.1 Å². The molecule has 1 heterocycles. The molecule has 0 unspecified atom stereocenters. The Morgan fingerprint density at radius 1 is 1.19 bits per heavy atom. The van der Waals surface area contributed by atoms with Crippen LogP contribution in [0.1, 0.15) is 22.1 Å². The van der Waals surface area contributed by atoms with Crippen LogP contribution < -0.4 is 5.32 Å². The van der Waals surface area contributed by atoms with Crippen LogP contribution >= 0.6 is 11.6 Å². The summed E-state index contributed by atoms with van der Waals surface area (Å²) in [5.41, 5.74) is 1.88. The molecule has 7 heteroatoms. The molecule has 5 nitrogen and oxygen atoms in total. The maximum absolute atomic E-state index is 13.1. The normalized spacial score (nSPS) is 12.2. The molecule has 0 saturated heterocycles. The summed E-state index contributed by atoms with van der Waals surface area (Å²) < 4.78 is 18.4. The third kappa shape index (κ3) is 4.72. The monoisotopic (exact) mass is 387 g/mol. The van der Waals surface area contributed by atoms with Gasteiger partial charge >= 0.3 is 0 Å². The number of hydrogen-bond donors (Lipinski definition) is 1. The summed E-state index contributed by atoms with van der Waals surface area (Å²) in [6.07, 6.45) is 0. The Labute approximate surface area is 161 Å². The van der Waals surface area contributed by atoms with E-state index in [1.165, 1.54) is 12.1 Å². The molecule has 0 aliphatic heterocycles. The van der Waals surface area contributed by atoms with Gasteiger partial charge in [-0.25, -0.2) is 4.39 Å². The van der Waals surface area contributed by atoms with Gasteiger partial charge in [0, 0.05) is 23.2 Å². The van der Waals surface area contributed by atoms with Gasteiger partial charge in [0.1, 0.15) is 5.82 Å². The molecule has 140 valence electrons. The van der Waals surface area contributed by atoms with Gasteiger partial charge < -0.3 is 14.7 Å². The predicted octanol–water partition coefficient (Wildman–Crippen LogP) is 4.17. The van der Waals surface area contributed by atoms with E-state index >= 15 is 0 Å². The second-order valence-electron chi connectivity index (χ2n) is 6.32. The molecule has 0 fully saturated rings. The molecule has 0 aliphatic rings. The molecule has 0 spiro atoms. The highest BCUT2D eigenvalue weighted by Gasteiger charge is 2.18. The SMILES string of the molecule is CN(C)[C@@H](CNC(=O)c1cc(-c2ccc(Cl)cc2)on1)c1ccc(F)cc1. The highest BCUT2D eigenvalue weighted by Crippen LogP contribution is 2.22. The number of nitrogens with zero attached hydrogens (tertiary/aromatic N) is 2. The first-order valence-corrected chi connectivity index (χ1v) is 8.74. The van der Waals surface area contributed by atoms with Crippen LogP contribution in [0.2, 0.25) is 5.02 Å². The average molecular weight is 388 g/mol. The van der Waals surface area contributed by atoms with E-state index < -0.39 is 0 Å². The molecule has 0 aliphatic carbocycles. The number of aromatic nitrogens is 1. The van der Waals surface area contributed by atoms with Crippen molar-refractivity contribution in [1.82, 2.24) is 15.4 Å². The highest BCUT2D eigenvalue weighted by atomic mass is 35.5. The fourth-order valence-corrected chi connectivity index (χ4v) is 2.82. The minimum absolute atomic E-state index is 0.0998. The zero-order valence-electron chi connectivity index (χ0n) is 14.9. The summed E-state index contributed by atoms with van der Waals surface area (Å²) >= 11 is 5.88. The van der Waals surface area contributed by atoms with Crippen LogP contribution in [-0.2, 0) is 0 Å². The summed E-state index contributed by atoms with van der Waals surface area (Å²) in [5.74, 6) is -0.148. The van der Waals surface area contributed by atoms with Gasteiger partial charge in [-0.1, -0.05) is 28.9 Å². The van der Waals surface area contributed by atoms with Crippen molar-refractivity contribution in [2.75, 3.05) is 20.6 Å². The Balaban J connectivity index is 1.67. The van der Waals surface area contributed by atoms with Gasteiger partial charge in [-0.15, -0.1) is 0 Å². The van der Waals surface area contributed by atoms with Crippen LogP contribution in [0.4, 0.5) is 4.39 Å². The van der Waals surface area contributed by atoms with Crippen LogP contribution in [0.5, 0.6) is 0 Å². The fourth-order valence-electron chi connectivity index (χ4n) is 2.70. The third-order valence-corrected chi connectivity index (χ3v) is 4.46. The van der Waals surface area contributed by atoms with E-state index in [1.807, 2.05) is 19.0 Å². The number of rotatable bonds is 6. The lowest BCUT2D eigenvalue weighted by atomic mass is 10.1. The van der Waals surface area contributed by atoms with E-state index in [-0.39, 0.29) is 23.5 Å². The highest BCUT2D eigenvalue weighted by molar-refractivity contribution is 6.30. The molecular weight excluding hydrogens is 369 g/mol. The van der Waals surface area contributed by atoms with E-state index in [9.17, 15) is 9.18 Å². The van der Waals surface area contributed by atoms with Gasteiger partial charge in [0.25, 0.3) is 5.91 Å². The second-order valence-corrected chi connectivity index (χ2v) is 6.76. The number of carbonyl (C=O) groups excluding carboxylic acids is 1. The summed E-state index contributed by atoms with van der Waals surface area (Å²) in [4.78, 5) is 14.4. The van der Waals surface area contributed by atoms with Crippen LogP contribution in [0.15, 0.2) is 59.1 Å². The quantitative estimate of drug-likeness (QED) is 0.689. The van der Waals surface area contributed by atoms with Crippen molar-refractivity contribution >= 4 is 17.5 Å². The molecular formula is C20H19ClFN3O2. The number of likely N-dealkylation sites (N-methyl/N-ethyl adjacent to an activating group) is 1. The van der Waals surface area contributed by atoms with Crippen molar-refractivity contribution in [1.29, 1.82) is 0 Å². The van der Waals surface area contributed by atoms with E-state index in [0.29, 0.717) is 17.3 Å². The average Bonchev–Trinajstić information content (AvgIpc) is 3.14. The predicted molar refractivity (Wildman–Crippen MR) is 102 cm³/mol. The van der Waals surface area contributed by atoms with Gasteiger partial charge in [-0.3, -0.25) is 4.79 Å². The number of amides is 1. The fraction of sp³-hybridized carbons (Fsp3) is 0.200. The van der Waals surface area contributed by atoms with Gasteiger partial charge in [-0.2, -0.15) is 0 Å². The van der Waals surface area contributed by atoms with Crippen LogP contribution in [-0.4, -0.2) is 36.6 Å². The summed E-state index contributed by atoms with van der Waals surface area (Å²) in [7, 11) is 3.80. The molecule has 0 saturated carbocycles. The topological polar surface area (TPSA) is 58.4 Å². The van der Waals surface area contributed by atoms with Crippen molar-refractivity contribution in [3.8, 4) is 11.3 Å². The maximum Gasteiger partial charge on any atom is 0.273 e.